The molecule has 0 spiro atoms. The van der Waals surface area contributed by atoms with Crippen LogP contribution in [0.25, 0.3) is 0 Å². The smallest absolute Gasteiger partial charge is 0.223 e. The minimum Gasteiger partial charge on any atom is -0.394 e. The Bertz CT molecular complexity index is 136. The van der Waals surface area contributed by atoms with Crippen LogP contribution in [-0.4, -0.2) is 23.7 Å². The van der Waals surface area contributed by atoms with E-state index in [9.17, 15) is 4.79 Å². The highest BCUT2D eigenvalue weighted by Gasteiger charge is 2.13. The molecule has 0 aliphatic carbocycles. The largest absolute Gasteiger partial charge is 0.394 e. The van der Waals surface area contributed by atoms with Gasteiger partial charge in [0.2, 0.25) is 5.91 Å². The molecule has 1 amide bonds. The van der Waals surface area contributed by atoms with Crippen LogP contribution in [0.1, 0.15) is 33.6 Å². The van der Waals surface area contributed by atoms with Gasteiger partial charge in [0.15, 0.2) is 0 Å². The maximum absolute atomic E-state index is 11.3. The van der Waals surface area contributed by atoms with Gasteiger partial charge < -0.3 is 10.4 Å². The first-order valence-corrected chi connectivity index (χ1v) is 4.53. The van der Waals surface area contributed by atoms with Crippen LogP contribution in [-0.2, 0) is 4.79 Å². The van der Waals surface area contributed by atoms with E-state index in [0.29, 0.717) is 0 Å². The lowest BCUT2D eigenvalue weighted by Crippen LogP contribution is -2.38. The molecular formula is C9H19NO2. The Morgan fingerprint density at radius 2 is 2.08 bits per heavy atom. The Hall–Kier alpha value is -0.570. The maximum Gasteiger partial charge on any atom is 0.223 e. The third-order valence-corrected chi connectivity index (χ3v) is 1.83. The molecule has 0 aromatic rings. The lowest BCUT2D eigenvalue weighted by Gasteiger charge is -2.14. The van der Waals surface area contributed by atoms with Crippen molar-refractivity contribution >= 4 is 5.91 Å². The standard InChI is InChI=1S/C9H19NO2/c1-4-5-7(2)9(12)10-8(3)6-11/h7-8,11H,4-6H2,1-3H3,(H,10,12)/t7?,8-/m0/s1. The van der Waals surface area contributed by atoms with Crippen molar-refractivity contribution in [1.29, 1.82) is 0 Å². The minimum atomic E-state index is -0.128. The summed E-state index contributed by atoms with van der Waals surface area (Å²) in [6, 6.07) is -0.128. The molecule has 0 aromatic carbocycles. The number of carbonyl (C=O) groups is 1. The van der Waals surface area contributed by atoms with E-state index in [1.54, 1.807) is 6.92 Å². The first-order valence-electron chi connectivity index (χ1n) is 4.53. The highest BCUT2D eigenvalue weighted by atomic mass is 16.3. The fourth-order valence-corrected chi connectivity index (χ4v) is 0.995. The van der Waals surface area contributed by atoms with Crippen molar-refractivity contribution in [2.45, 2.75) is 39.7 Å². The Kier molecular flexibility index (Phi) is 5.72. The van der Waals surface area contributed by atoms with E-state index in [-0.39, 0.29) is 24.5 Å². The van der Waals surface area contributed by atoms with Crippen LogP contribution >= 0.6 is 0 Å². The van der Waals surface area contributed by atoms with Crippen molar-refractivity contribution in [3.05, 3.63) is 0 Å². The SMILES string of the molecule is CCCC(C)C(=O)N[C@@H](C)CO. The number of hydrogen-bond donors (Lipinski definition) is 2. The second-order valence-corrected chi connectivity index (χ2v) is 3.28. The molecule has 2 N–H and O–H groups in total. The van der Waals surface area contributed by atoms with Crippen molar-refractivity contribution in [2.75, 3.05) is 6.61 Å². The summed E-state index contributed by atoms with van der Waals surface area (Å²) in [6.07, 6.45) is 1.92. The van der Waals surface area contributed by atoms with Gasteiger partial charge in [0.05, 0.1) is 6.61 Å². The molecule has 72 valence electrons. The quantitative estimate of drug-likeness (QED) is 0.649. The Morgan fingerprint density at radius 1 is 1.50 bits per heavy atom. The average molecular weight is 173 g/mol. The second kappa shape index (κ2) is 6.00. The molecule has 0 heterocycles. The van der Waals surface area contributed by atoms with Gasteiger partial charge in [0.1, 0.15) is 0 Å². The van der Waals surface area contributed by atoms with E-state index in [4.69, 9.17) is 5.11 Å². The van der Waals surface area contributed by atoms with Crippen LogP contribution in [0.4, 0.5) is 0 Å². The molecule has 0 aliphatic rings. The van der Waals surface area contributed by atoms with Crippen LogP contribution in [0.15, 0.2) is 0 Å². The van der Waals surface area contributed by atoms with Crippen LogP contribution < -0.4 is 5.32 Å². The predicted molar refractivity (Wildman–Crippen MR) is 48.8 cm³/mol. The van der Waals surface area contributed by atoms with Crippen LogP contribution in [0.2, 0.25) is 0 Å². The van der Waals surface area contributed by atoms with Gasteiger partial charge in [-0.05, 0) is 13.3 Å². The van der Waals surface area contributed by atoms with Gasteiger partial charge in [0.25, 0.3) is 0 Å². The zero-order chi connectivity index (χ0) is 9.56. The van der Waals surface area contributed by atoms with Gasteiger partial charge in [-0.2, -0.15) is 0 Å². The van der Waals surface area contributed by atoms with Crippen molar-refractivity contribution in [2.24, 2.45) is 5.92 Å². The fraction of sp³-hybridized carbons (Fsp3) is 0.889. The molecule has 0 rings (SSSR count). The van der Waals surface area contributed by atoms with Gasteiger partial charge in [-0.3, -0.25) is 4.79 Å². The molecule has 0 bridgehead atoms. The summed E-state index contributed by atoms with van der Waals surface area (Å²) in [5.74, 6) is 0.0994. The summed E-state index contributed by atoms with van der Waals surface area (Å²) in [5.41, 5.74) is 0. The molecule has 0 aromatic heterocycles. The summed E-state index contributed by atoms with van der Waals surface area (Å²) in [6.45, 7) is 5.75. The summed E-state index contributed by atoms with van der Waals surface area (Å²) in [7, 11) is 0. The van der Waals surface area contributed by atoms with Gasteiger partial charge in [0, 0.05) is 12.0 Å². The van der Waals surface area contributed by atoms with Crippen molar-refractivity contribution < 1.29 is 9.90 Å². The Labute approximate surface area is 74.2 Å². The van der Waals surface area contributed by atoms with E-state index in [2.05, 4.69) is 12.2 Å². The zero-order valence-corrected chi connectivity index (χ0v) is 8.13. The molecule has 0 saturated heterocycles. The average Bonchev–Trinajstić information content (AvgIpc) is 2.04. The van der Waals surface area contributed by atoms with E-state index in [1.165, 1.54) is 0 Å². The summed E-state index contributed by atoms with van der Waals surface area (Å²) < 4.78 is 0. The van der Waals surface area contributed by atoms with Gasteiger partial charge in [-0.25, -0.2) is 0 Å². The van der Waals surface area contributed by atoms with Crippen LogP contribution in [0.3, 0.4) is 0 Å². The highest BCUT2D eigenvalue weighted by Crippen LogP contribution is 2.04. The van der Waals surface area contributed by atoms with E-state index >= 15 is 0 Å². The number of hydrogen-bond acceptors (Lipinski definition) is 2. The number of amides is 1. The van der Waals surface area contributed by atoms with E-state index in [0.717, 1.165) is 12.8 Å². The fourth-order valence-electron chi connectivity index (χ4n) is 0.995. The highest BCUT2D eigenvalue weighted by molar-refractivity contribution is 5.78. The first-order chi connectivity index (χ1) is 5.61. The van der Waals surface area contributed by atoms with Gasteiger partial charge in [-0.1, -0.05) is 20.3 Å². The van der Waals surface area contributed by atoms with Crippen molar-refractivity contribution in [3.8, 4) is 0 Å². The number of nitrogens with one attached hydrogen (secondary N) is 1. The third kappa shape index (κ3) is 4.34. The lowest BCUT2D eigenvalue weighted by molar-refractivity contribution is -0.125. The predicted octanol–water partition coefficient (Wildman–Crippen LogP) is 0.920. The van der Waals surface area contributed by atoms with Crippen molar-refractivity contribution in [3.63, 3.8) is 0 Å². The number of carbonyl (C=O) groups excluding carboxylic acids is 1. The topological polar surface area (TPSA) is 49.3 Å². The molecule has 2 atom stereocenters. The van der Waals surface area contributed by atoms with E-state index < -0.39 is 0 Å². The molecule has 3 nitrogen and oxygen atoms in total. The lowest BCUT2D eigenvalue weighted by atomic mass is 10.1. The molecule has 0 fully saturated rings. The number of aliphatic hydroxyl groups excluding tert-OH is 1. The summed E-state index contributed by atoms with van der Waals surface area (Å²) in [5, 5.41) is 11.4. The number of rotatable bonds is 5. The maximum atomic E-state index is 11.3. The van der Waals surface area contributed by atoms with Gasteiger partial charge >= 0.3 is 0 Å². The first kappa shape index (κ1) is 11.4. The third-order valence-electron chi connectivity index (χ3n) is 1.83. The molecular weight excluding hydrogens is 154 g/mol. The minimum absolute atomic E-state index is 0.00455. The van der Waals surface area contributed by atoms with Crippen LogP contribution in [0, 0.1) is 5.92 Å². The van der Waals surface area contributed by atoms with E-state index in [1.807, 2.05) is 6.92 Å². The molecule has 1 unspecified atom stereocenters. The summed E-state index contributed by atoms with van der Waals surface area (Å²) >= 11 is 0. The molecule has 0 aliphatic heterocycles. The molecule has 0 saturated carbocycles. The van der Waals surface area contributed by atoms with Crippen molar-refractivity contribution in [1.82, 2.24) is 5.32 Å². The second-order valence-electron chi connectivity index (χ2n) is 3.28. The Morgan fingerprint density at radius 3 is 2.50 bits per heavy atom. The van der Waals surface area contributed by atoms with Gasteiger partial charge in [-0.15, -0.1) is 0 Å². The molecule has 12 heavy (non-hydrogen) atoms. The number of aliphatic hydroxyl groups is 1. The molecule has 0 radical (unpaired) electrons. The monoisotopic (exact) mass is 173 g/mol. The van der Waals surface area contributed by atoms with Crippen LogP contribution in [0.5, 0.6) is 0 Å². The Balaban J connectivity index is 3.70. The molecule has 3 heteroatoms. The zero-order valence-electron chi connectivity index (χ0n) is 8.13. The normalized spacial score (nSPS) is 15.3. The summed E-state index contributed by atoms with van der Waals surface area (Å²) in [4.78, 5) is 11.3.